The van der Waals surface area contributed by atoms with Gasteiger partial charge in [0.25, 0.3) is 5.91 Å². The van der Waals surface area contributed by atoms with Gasteiger partial charge in [0, 0.05) is 0 Å². The van der Waals surface area contributed by atoms with Gasteiger partial charge in [0.05, 0.1) is 22.5 Å². The van der Waals surface area contributed by atoms with E-state index >= 15 is 0 Å². The second-order valence-electron chi connectivity index (χ2n) is 7.74. The van der Waals surface area contributed by atoms with Crippen LogP contribution in [-0.4, -0.2) is 29.9 Å². The SMILES string of the molecule is CCOc1cc(/C=N\NC(=O)C(O)(c2ccccc2)c2ccccc2)cc(I)c1O[C@H](C)CC. The fourth-order valence-electron chi connectivity index (χ4n) is 3.36. The number of carbonyl (C=O) groups excluding carboxylic acids is 1. The number of aliphatic hydroxyl groups is 1. The van der Waals surface area contributed by atoms with Crippen LogP contribution in [0.2, 0.25) is 0 Å². The first-order chi connectivity index (χ1) is 16.4. The van der Waals surface area contributed by atoms with E-state index in [4.69, 9.17) is 9.47 Å². The number of hydrogen-bond acceptors (Lipinski definition) is 5. The van der Waals surface area contributed by atoms with Crippen molar-refractivity contribution in [2.75, 3.05) is 6.61 Å². The maximum atomic E-state index is 13.2. The highest BCUT2D eigenvalue weighted by Crippen LogP contribution is 2.35. The van der Waals surface area contributed by atoms with Gasteiger partial charge in [-0.05, 0) is 71.7 Å². The Hall–Kier alpha value is -2.91. The Kier molecular flexibility index (Phi) is 9.06. The lowest BCUT2D eigenvalue weighted by atomic mass is 9.85. The highest BCUT2D eigenvalue weighted by atomic mass is 127. The fraction of sp³-hybridized carbons (Fsp3) is 0.259. The first kappa shape index (κ1) is 25.7. The van der Waals surface area contributed by atoms with Crippen LogP contribution in [0, 0.1) is 3.57 Å². The van der Waals surface area contributed by atoms with E-state index in [1.165, 1.54) is 6.21 Å². The van der Waals surface area contributed by atoms with Crippen LogP contribution >= 0.6 is 22.6 Å². The van der Waals surface area contributed by atoms with E-state index in [2.05, 4.69) is 40.0 Å². The minimum absolute atomic E-state index is 0.0557. The fourth-order valence-corrected chi connectivity index (χ4v) is 4.11. The molecule has 0 aliphatic heterocycles. The van der Waals surface area contributed by atoms with Crippen LogP contribution in [0.5, 0.6) is 11.5 Å². The number of nitrogens with one attached hydrogen (secondary N) is 1. The van der Waals surface area contributed by atoms with Crippen molar-refractivity contribution < 1.29 is 19.4 Å². The highest BCUT2D eigenvalue weighted by Gasteiger charge is 2.39. The molecule has 0 saturated carbocycles. The molecule has 3 aromatic rings. The van der Waals surface area contributed by atoms with E-state index in [0.717, 1.165) is 15.6 Å². The third-order valence-corrected chi connectivity index (χ3v) is 6.12. The van der Waals surface area contributed by atoms with E-state index in [-0.39, 0.29) is 6.10 Å². The number of hydrazone groups is 1. The van der Waals surface area contributed by atoms with Crippen LogP contribution < -0.4 is 14.9 Å². The van der Waals surface area contributed by atoms with Gasteiger partial charge in [-0.15, -0.1) is 0 Å². The van der Waals surface area contributed by atoms with Crippen molar-refractivity contribution in [1.82, 2.24) is 5.43 Å². The number of carbonyl (C=O) groups is 1. The molecule has 3 aromatic carbocycles. The zero-order valence-electron chi connectivity index (χ0n) is 19.5. The number of rotatable bonds is 10. The van der Waals surface area contributed by atoms with Gasteiger partial charge in [-0.2, -0.15) is 5.10 Å². The molecule has 0 radical (unpaired) electrons. The Labute approximate surface area is 214 Å². The Morgan fingerprint density at radius 3 is 2.21 bits per heavy atom. The summed E-state index contributed by atoms with van der Waals surface area (Å²) in [6.45, 7) is 6.48. The molecule has 0 bridgehead atoms. The monoisotopic (exact) mass is 572 g/mol. The van der Waals surface area contributed by atoms with Crippen molar-refractivity contribution in [3.63, 3.8) is 0 Å². The molecule has 0 aliphatic rings. The number of amides is 1. The largest absolute Gasteiger partial charge is 0.490 e. The molecule has 6 nitrogen and oxygen atoms in total. The summed E-state index contributed by atoms with van der Waals surface area (Å²) in [7, 11) is 0. The van der Waals surface area contributed by atoms with Crippen molar-refractivity contribution in [3.05, 3.63) is 93.1 Å². The smallest absolute Gasteiger partial charge is 0.281 e. The highest BCUT2D eigenvalue weighted by molar-refractivity contribution is 14.1. The quantitative estimate of drug-likeness (QED) is 0.198. The lowest BCUT2D eigenvalue weighted by Crippen LogP contribution is -2.43. The molecule has 0 aliphatic carbocycles. The third kappa shape index (κ3) is 5.95. The number of nitrogens with zero attached hydrogens (tertiary/aromatic N) is 1. The van der Waals surface area contributed by atoms with E-state index in [1.54, 1.807) is 48.5 Å². The normalized spacial score (nSPS) is 12.4. The molecule has 1 amide bonds. The Bertz CT molecular complexity index is 1080. The van der Waals surface area contributed by atoms with Gasteiger partial charge in [0.15, 0.2) is 17.1 Å². The predicted octanol–water partition coefficient (Wildman–Crippen LogP) is 5.25. The topological polar surface area (TPSA) is 80.2 Å². The zero-order chi connectivity index (χ0) is 24.6. The molecule has 0 unspecified atom stereocenters. The average Bonchev–Trinajstić information content (AvgIpc) is 2.86. The summed E-state index contributed by atoms with van der Waals surface area (Å²) >= 11 is 2.20. The predicted molar refractivity (Wildman–Crippen MR) is 142 cm³/mol. The lowest BCUT2D eigenvalue weighted by Gasteiger charge is -2.27. The molecule has 1 atom stereocenters. The van der Waals surface area contributed by atoms with Crippen LogP contribution in [0.3, 0.4) is 0 Å². The summed E-state index contributed by atoms with van der Waals surface area (Å²) < 4.78 is 12.7. The number of halogens is 1. The molecule has 0 saturated heterocycles. The maximum absolute atomic E-state index is 13.2. The summed E-state index contributed by atoms with van der Waals surface area (Å²) in [5.41, 5.74) is 2.25. The minimum Gasteiger partial charge on any atom is -0.490 e. The van der Waals surface area contributed by atoms with Crippen LogP contribution in [0.15, 0.2) is 77.9 Å². The van der Waals surface area contributed by atoms with E-state index in [0.29, 0.717) is 29.2 Å². The molecule has 2 N–H and O–H groups in total. The molecular weight excluding hydrogens is 543 g/mol. The maximum Gasteiger partial charge on any atom is 0.281 e. The molecule has 0 heterocycles. The zero-order valence-corrected chi connectivity index (χ0v) is 21.7. The molecule has 178 valence electrons. The lowest BCUT2D eigenvalue weighted by molar-refractivity contribution is -0.136. The first-order valence-electron chi connectivity index (χ1n) is 11.2. The standard InChI is InChI=1S/C27H29IN2O4/c1-4-19(3)34-25-23(28)16-20(17-24(25)33-5-2)18-29-30-26(31)27(32,21-12-8-6-9-13-21)22-14-10-7-11-15-22/h6-19,32H,4-5H2,1-3H3,(H,30,31)/b29-18-/t19-/m1/s1. The molecule has 7 heteroatoms. The van der Waals surface area contributed by atoms with E-state index < -0.39 is 11.5 Å². The number of benzene rings is 3. The van der Waals surface area contributed by atoms with Crippen molar-refractivity contribution >= 4 is 34.7 Å². The van der Waals surface area contributed by atoms with Crippen LogP contribution in [0.1, 0.15) is 43.9 Å². The van der Waals surface area contributed by atoms with E-state index in [9.17, 15) is 9.90 Å². The van der Waals surface area contributed by atoms with Gasteiger partial charge in [-0.25, -0.2) is 5.43 Å². The van der Waals surface area contributed by atoms with Crippen molar-refractivity contribution in [2.24, 2.45) is 5.10 Å². The first-order valence-corrected chi connectivity index (χ1v) is 12.3. The van der Waals surface area contributed by atoms with Gasteiger partial charge in [-0.1, -0.05) is 67.6 Å². The van der Waals surface area contributed by atoms with Crippen LogP contribution in [0.4, 0.5) is 0 Å². The van der Waals surface area contributed by atoms with Gasteiger partial charge >= 0.3 is 0 Å². The summed E-state index contributed by atoms with van der Waals surface area (Å²) in [6.07, 6.45) is 2.45. The Morgan fingerprint density at radius 2 is 1.68 bits per heavy atom. The summed E-state index contributed by atoms with van der Waals surface area (Å²) in [5.74, 6) is 0.658. The summed E-state index contributed by atoms with van der Waals surface area (Å²) in [4.78, 5) is 13.2. The third-order valence-electron chi connectivity index (χ3n) is 5.32. The number of hydrogen-bond donors (Lipinski definition) is 2. The Balaban J connectivity index is 1.86. The molecule has 0 fully saturated rings. The van der Waals surface area contributed by atoms with E-state index in [1.807, 2.05) is 38.1 Å². The summed E-state index contributed by atoms with van der Waals surface area (Å²) in [6, 6.07) is 21.3. The van der Waals surface area contributed by atoms with Gasteiger partial charge in [-0.3, -0.25) is 4.79 Å². The molecule has 34 heavy (non-hydrogen) atoms. The minimum atomic E-state index is -1.89. The second kappa shape index (κ2) is 12.0. The van der Waals surface area contributed by atoms with Crippen LogP contribution in [0.25, 0.3) is 0 Å². The molecule has 0 aromatic heterocycles. The molecule has 0 spiro atoms. The second-order valence-corrected chi connectivity index (χ2v) is 8.90. The molecule has 3 rings (SSSR count). The Morgan fingerprint density at radius 1 is 1.09 bits per heavy atom. The van der Waals surface area contributed by atoms with Gasteiger partial charge in [0.2, 0.25) is 0 Å². The average molecular weight is 572 g/mol. The number of ether oxygens (including phenoxy) is 2. The van der Waals surface area contributed by atoms with Gasteiger partial charge < -0.3 is 14.6 Å². The van der Waals surface area contributed by atoms with Gasteiger partial charge in [0.1, 0.15) is 0 Å². The van der Waals surface area contributed by atoms with Crippen molar-refractivity contribution in [3.8, 4) is 11.5 Å². The van der Waals surface area contributed by atoms with Crippen molar-refractivity contribution in [2.45, 2.75) is 38.9 Å². The summed E-state index contributed by atoms with van der Waals surface area (Å²) in [5, 5.41) is 15.6. The molecular formula is C27H29IN2O4. The van der Waals surface area contributed by atoms with Crippen LogP contribution in [-0.2, 0) is 10.4 Å². The van der Waals surface area contributed by atoms with Crippen molar-refractivity contribution in [1.29, 1.82) is 0 Å².